The summed E-state index contributed by atoms with van der Waals surface area (Å²) in [5.74, 6) is -1.20. The third-order valence-corrected chi connectivity index (χ3v) is 2.77. The average Bonchev–Trinajstić information content (AvgIpc) is 2.52. The van der Waals surface area contributed by atoms with Crippen LogP contribution in [0, 0.1) is 13.8 Å². The van der Waals surface area contributed by atoms with Crippen molar-refractivity contribution in [2.24, 2.45) is 0 Å². The lowest BCUT2D eigenvalue weighted by atomic mass is 10.1. The summed E-state index contributed by atoms with van der Waals surface area (Å²) in [4.78, 5) is 22.6. The molecule has 0 aliphatic rings. The molecule has 18 heavy (non-hydrogen) atoms. The van der Waals surface area contributed by atoms with Crippen molar-refractivity contribution in [2.75, 3.05) is 0 Å². The van der Waals surface area contributed by atoms with Crippen LogP contribution in [0.4, 0.5) is 0 Å². The highest BCUT2D eigenvalue weighted by Gasteiger charge is 2.20. The van der Waals surface area contributed by atoms with E-state index in [-0.39, 0.29) is 12.3 Å². The van der Waals surface area contributed by atoms with Gasteiger partial charge in [0, 0.05) is 18.3 Å². The predicted octanol–water partition coefficient (Wildman–Crippen LogP) is 1.11. The smallest absolute Gasteiger partial charge is 0.305 e. The molecule has 0 spiro atoms. The van der Waals surface area contributed by atoms with Crippen LogP contribution >= 0.6 is 0 Å². The third-order valence-electron chi connectivity index (χ3n) is 2.77. The molecule has 1 heterocycles. The van der Waals surface area contributed by atoms with Gasteiger partial charge in [-0.25, -0.2) is 0 Å². The first kappa shape index (κ1) is 14.2. The summed E-state index contributed by atoms with van der Waals surface area (Å²) >= 11 is 0. The van der Waals surface area contributed by atoms with Crippen LogP contribution < -0.4 is 5.32 Å². The number of aliphatic carboxylic acids is 1. The number of hydrogen-bond donors (Lipinski definition) is 2. The van der Waals surface area contributed by atoms with E-state index in [2.05, 4.69) is 10.4 Å². The van der Waals surface area contributed by atoms with Crippen molar-refractivity contribution >= 4 is 11.9 Å². The molecule has 1 atom stereocenters. The molecular formula is C12H19N3O3. The van der Waals surface area contributed by atoms with Crippen molar-refractivity contribution in [3.63, 3.8) is 0 Å². The Labute approximate surface area is 106 Å². The molecular weight excluding hydrogens is 234 g/mol. The summed E-state index contributed by atoms with van der Waals surface area (Å²) < 4.78 is 1.76. The molecule has 1 aromatic rings. The zero-order chi connectivity index (χ0) is 13.9. The first-order valence-electron chi connectivity index (χ1n) is 5.93. The molecule has 0 aliphatic heterocycles. The van der Waals surface area contributed by atoms with Crippen molar-refractivity contribution < 1.29 is 14.7 Å². The Morgan fingerprint density at radius 2 is 2.06 bits per heavy atom. The minimum atomic E-state index is -0.930. The standard InChI is InChI=1S/C12H19N3O3/c1-5-15-9(4)11(8(3)14-15)12(18)13-7(2)6-10(16)17/h7H,5-6H2,1-4H3,(H,13,18)(H,16,17). The van der Waals surface area contributed by atoms with Gasteiger partial charge in [-0.15, -0.1) is 0 Å². The Morgan fingerprint density at radius 1 is 1.44 bits per heavy atom. The minimum Gasteiger partial charge on any atom is -0.481 e. The van der Waals surface area contributed by atoms with Crippen LogP contribution in [-0.4, -0.2) is 32.8 Å². The molecule has 0 radical (unpaired) electrons. The number of aromatic nitrogens is 2. The lowest BCUT2D eigenvalue weighted by Gasteiger charge is -2.11. The molecule has 0 saturated heterocycles. The number of amides is 1. The summed E-state index contributed by atoms with van der Waals surface area (Å²) in [6, 6.07) is -0.404. The van der Waals surface area contributed by atoms with E-state index in [4.69, 9.17) is 5.11 Å². The molecule has 2 N–H and O–H groups in total. The third kappa shape index (κ3) is 3.09. The van der Waals surface area contributed by atoms with Gasteiger partial charge in [0.05, 0.1) is 17.7 Å². The second kappa shape index (κ2) is 5.66. The van der Waals surface area contributed by atoms with Crippen molar-refractivity contribution in [1.82, 2.24) is 15.1 Å². The number of nitrogens with one attached hydrogen (secondary N) is 1. The van der Waals surface area contributed by atoms with Crippen LogP contribution in [0.25, 0.3) is 0 Å². The second-order valence-corrected chi connectivity index (χ2v) is 4.33. The molecule has 0 aromatic carbocycles. The van der Waals surface area contributed by atoms with Gasteiger partial charge in [0.1, 0.15) is 0 Å². The highest BCUT2D eigenvalue weighted by Crippen LogP contribution is 2.13. The number of nitrogens with zero attached hydrogens (tertiary/aromatic N) is 2. The van der Waals surface area contributed by atoms with Gasteiger partial charge in [-0.2, -0.15) is 5.10 Å². The zero-order valence-electron chi connectivity index (χ0n) is 11.1. The number of carboxylic acids is 1. The maximum absolute atomic E-state index is 12.1. The fourth-order valence-corrected chi connectivity index (χ4v) is 1.94. The molecule has 6 nitrogen and oxygen atoms in total. The van der Waals surface area contributed by atoms with Crippen molar-refractivity contribution in [1.29, 1.82) is 0 Å². The van der Waals surface area contributed by atoms with Crippen LogP contribution in [0.5, 0.6) is 0 Å². The molecule has 1 amide bonds. The van der Waals surface area contributed by atoms with E-state index in [1.54, 1.807) is 18.5 Å². The lowest BCUT2D eigenvalue weighted by Crippen LogP contribution is -2.34. The quantitative estimate of drug-likeness (QED) is 0.823. The fraction of sp³-hybridized carbons (Fsp3) is 0.583. The number of rotatable bonds is 5. The highest BCUT2D eigenvalue weighted by atomic mass is 16.4. The summed E-state index contributed by atoms with van der Waals surface area (Å²) in [5.41, 5.74) is 2.00. The number of hydrogen-bond acceptors (Lipinski definition) is 3. The Kier molecular flexibility index (Phi) is 4.47. The number of carbonyl (C=O) groups excluding carboxylic acids is 1. The fourth-order valence-electron chi connectivity index (χ4n) is 1.94. The van der Waals surface area contributed by atoms with E-state index in [1.807, 2.05) is 13.8 Å². The van der Waals surface area contributed by atoms with Gasteiger partial charge in [0.25, 0.3) is 5.91 Å². The van der Waals surface area contributed by atoms with Gasteiger partial charge < -0.3 is 10.4 Å². The largest absolute Gasteiger partial charge is 0.481 e. The maximum atomic E-state index is 12.1. The van der Waals surface area contributed by atoms with E-state index in [1.165, 1.54) is 0 Å². The van der Waals surface area contributed by atoms with Gasteiger partial charge in [-0.05, 0) is 27.7 Å². The van der Waals surface area contributed by atoms with Crippen LogP contribution in [0.1, 0.15) is 42.0 Å². The van der Waals surface area contributed by atoms with E-state index in [0.29, 0.717) is 17.8 Å². The monoisotopic (exact) mass is 253 g/mol. The molecule has 0 saturated carbocycles. The van der Waals surface area contributed by atoms with Crippen LogP contribution in [-0.2, 0) is 11.3 Å². The molecule has 6 heteroatoms. The molecule has 1 rings (SSSR count). The molecule has 0 aliphatic carbocycles. The van der Waals surface area contributed by atoms with Gasteiger partial charge in [-0.1, -0.05) is 0 Å². The molecule has 100 valence electrons. The number of carbonyl (C=O) groups is 2. The predicted molar refractivity (Wildman–Crippen MR) is 66.6 cm³/mol. The topological polar surface area (TPSA) is 84.2 Å². The number of aryl methyl sites for hydroxylation is 2. The normalized spacial score (nSPS) is 12.2. The SMILES string of the molecule is CCn1nc(C)c(C(=O)NC(C)CC(=O)O)c1C. The van der Waals surface area contributed by atoms with E-state index < -0.39 is 12.0 Å². The Bertz CT molecular complexity index is 465. The van der Waals surface area contributed by atoms with Crippen molar-refractivity contribution in [3.05, 3.63) is 17.0 Å². The first-order valence-corrected chi connectivity index (χ1v) is 5.93. The molecule has 1 aromatic heterocycles. The molecule has 0 bridgehead atoms. The Balaban J connectivity index is 2.84. The van der Waals surface area contributed by atoms with Gasteiger partial charge in [0.2, 0.25) is 0 Å². The summed E-state index contributed by atoms with van der Waals surface area (Å²) in [6.07, 6.45) is -0.0915. The first-order chi connectivity index (χ1) is 8.36. The van der Waals surface area contributed by atoms with Crippen LogP contribution in [0.3, 0.4) is 0 Å². The van der Waals surface area contributed by atoms with Gasteiger partial charge in [-0.3, -0.25) is 14.3 Å². The lowest BCUT2D eigenvalue weighted by molar-refractivity contribution is -0.137. The minimum absolute atomic E-state index is 0.0915. The van der Waals surface area contributed by atoms with Crippen LogP contribution in [0.2, 0.25) is 0 Å². The average molecular weight is 253 g/mol. The molecule has 1 unspecified atom stereocenters. The van der Waals surface area contributed by atoms with E-state index in [0.717, 1.165) is 5.69 Å². The van der Waals surface area contributed by atoms with Gasteiger partial charge >= 0.3 is 5.97 Å². The van der Waals surface area contributed by atoms with Gasteiger partial charge in [0.15, 0.2) is 0 Å². The van der Waals surface area contributed by atoms with E-state index in [9.17, 15) is 9.59 Å². The highest BCUT2D eigenvalue weighted by molar-refractivity contribution is 5.96. The van der Waals surface area contributed by atoms with E-state index >= 15 is 0 Å². The second-order valence-electron chi connectivity index (χ2n) is 4.33. The summed E-state index contributed by atoms with van der Waals surface area (Å²) in [7, 11) is 0. The number of carboxylic acid groups (broad SMARTS) is 1. The zero-order valence-corrected chi connectivity index (χ0v) is 11.1. The summed E-state index contributed by atoms with van der Waals surface area (Å²) in [5, 5.41) is 15.6. The summed E-state index contributed by atoms with van der Waals surface area (Å²) in [6.45, 7) is 7.93. The maximum Gasteiger partial charge on any atom is 0.305 e. The van der Waals surface area contributed by atoms with Crippen LogP contribution in [0.15, 0.2) is 0 Å². The van der Waals surface area contributed by atoms with Crippen molar-refractivity contribution in [3.8, 4) is 0 Å². The Hall–Kier alpha value is -1.85. The molecule has 0 fully saturated rings. The Morgan fingerprint density at radius 3 is 2.50 bits per heavy atom. The van der Waals surface area contributed by atoms with Crippen molar-refractivity contribution in [2.45, 2.75) is 46.7 Å².